The molecule has 180 valence electrons. The SMILES string of the molecule is COc1cc(/C(C)=N/NC(=O)C(=O)Nc2ccc(F)c(Cl)c2)ccc1OC(=O)c1ccc(C)cc1. The van der Waals surface area contributed by atoms with Crippen LogP contribution in [0.4, 0.5) is 10.1 Å². The quantitative estimate of drug-likeness (QED) is 0.171. The molecule has 35 heavy (non-hydrogen) atoms. The molecule has 0 bridgehead atoms. The molecule has 10 heteroatoms. The summed E-state index contributed by atoms with van der Waals surface area (Å²) in [6.45, 7) is 3.52. The summed E-state index contributed by atoms with van der Waals surface area (Å²) in [5, 5.41) is 6.02. The number of halogens is 2. The Balaban J connectivity index is 1.66. The van der Waals surface area contributed by atoms with Crippen molar-refractivity contribution in [2.24, 2.45) is 5.10 Å². The second-order valence-electron chi connectivity index (χ2n) is 7.34. The van der Waals surface area contributed by atoms with E-state index in [-0.39, 0.29) is 22.2 Å². The van der Waals surface area contributed by atoms with Gasteiger partial charge in [0.05, 0.1) is 23.4 Å². The maximum atomic E-state index is 13.2. The highest BCUT2D eigenvalue weighted by atomic mass is 35.5. The average Bonchev–Trinajstić information content (AvgIpc) is 2.85. The molecule has 0 atom stereocenters. The van der Waals surface area contributed by atoms with Gasteiger partial charge in [0.2, 0.25) is 0 Å². The first-order valence-corrected chi connectivity index (χ1v) is 10.6. The average molecular weight is 498 g/mol. The third-order valence-corrected chi connectivity index (χ3v) is 5.07. The fourth-order valence-corrected chi connectivity index (χ4v) is 3.02. The summed E-state index contributed by atoms with van der Waals surface area (Å²) in [5.74, 6) is -2.77. The fourth-order valence-electron chi connectivity index (χ4n) is 2.84. The lowest BCUT2D eigenvalue weighted by Crippen LogP contribution is -2.33. The van der Waals surface area contributed by atoms with Crippen LogP contribution in [-0.4, -0.2) is 30.6 Å². The number of nitrogens with one attached hydrogen (secondary N) is 2. The molecule has 8 nitrogen and oxygen atoms in total. The number of hydrogen-bond acceptors (Lipinski definition) is 6. The Morgan fingerprint density at radius 1 is 0.914 bits per heavy atom. The normalized spacial score (nSPS) is 10.9. The van der Waals surface area contributed by atoms with E-state index in [1.807, 2.05) is 6.92 Å². The van der Waals surface area contributed by atoms with E-state index >= 15 is 0 Å². The number of anilines is 1. The van der Waals surface area contributed by atoms with Crippen LogP contribution in [0.5, 0.6) is 11.5 Å². The molecule has 0 unspecified atom stereocenters. The molecular formula is C25H21ClFN3O5. The summed E-state index contributed by atoms with van der Waals surface area (Å²) in [7, 11) is 1.42. The number of hydrazone groups is 1. The number of rotatable bonds is 6. The lowest BCUT2D eigenvalue weighted by atomic mass is 10.1. The van der Waals surface area contributed by atoms with Crippen LogP contribution >= 0.6 is 11.6 Å². The summed E-state index contributed by atoms with van der Waals surface area (Å²) in [6, 6.07) is 15.2. The van der Waals surface area contributed by atoms with Crippen molar-refractivity contribution in [3.63, 3.8) is 0 Å². The van der Waals surface area contributed by atoms with Crippen LogP contribution in [0, 0.1) is 12.7 Å². The van der Waals surface area contributed by atoms with Gasteiger partial charge in [-0.15, -0.1) is 0 Å². The van der Waals surface area contributed by atoms with Gasteiger partial charge in [0.15, 0.2) is 11.5 Å². The van der Waals surface area contributed by atoms with E-state index in [1.54, 1.807) is 43.3 Å². The largest absolute Gasteiger partial charge is 0.493 e. The molecule has 3 aromatic carbocycles. The van der Waals surface area contributed by atoms with Gasteiger partial charge in [0, 0.05) is 11.3 Å². The van der Waals surface area contributed by atoms with E-state index in [0.29, 0.717) is 16.8 Å². The number of carbonyl (C=O) groups is 3. The van der Waals surface area contributed by atoms with Crippen molar-refractivity contribution in [3.05, 3.63) is 88.2 Å². The first-order valence-electron chi connectivity index (χ1n) is 10.3. The topological polar surface area (TPSA) is 106 Å². The van der Waals surface area contributed by atoms with Crippen molar-refractivity contribution in [1.29, 1.82) is 0 Å². The smallest absolute Gasteiger partial charge is 0.343 e. The highest BCUT2D eigenvalue weighted by Gasteiger charge is 2.16. The van der Waals surface area contributed by atoms with E-state index in [1.165, 1.54) is 25.3 Å². The van der Waals surface area contributed by atoms with Crippen molar-refractivity contribution >= 4 is 40.8 Å². The third kappa shape index (κ3) is 6.64. The molecule has 3 rings (SSSR count). The van der Waals surface area contributed by atoms with Crippen molar-refractivity contribution in [3.8, 4) is 11.5 Å². The molecule has 0 fully saturated rings. The molecule has 2 N–H and O–H groups in total. The molecule has 2 amide bonds. The van der Waals surface area contributed by atoms with Crippen LogP contribution < -0.4 is 20.2 Å². The van der Waals surface area contributed by atoms with Crippen LogP contribution in [0.3, 0.4) is 0 Å². The van der Waals surface area contributed by atoms with Crippen LogP contribution in [0.25, 0.3) is 0 Å². The summed E-state index contributed by atoms with van der Waals surface area (Å²) in [5.41, 5.74) is 4.60. The van der Waals surface area contributed by atoms with E-state index in [0.717, 1.165) is 11.6 Å². The minimum absolute atomic E-state index is 0.151. The van der Waals surface area contributed by atoms with Crippen LogP contribution in [0.2, 0.25) is 5.02 Å². The standard InChI is InChI=1S/C25H21ClFN3O5/c1-14-4-6-16(7-5-14)25(33)35-21-11-8-17(12-22(21)34-3)15(2)29-30-24(32)23(31)28-18-9-10-20(27)19(26)13-18/h4-13H,1-3H3,(H,28,31)(H,30,32)/b29-15+. The van der Waals surface area contributed by atoms with Gasteiger partial charge in [-0.25, -0.2) is 14.6 Å². The van der Waals surface area contributed by atoms with E-state index < -0.39 is 23.6 Å². The Morgan fingerprint density at radius 3 is 2.26 bits per heavy atom. The zero-order valence-electron chi connectivity index (χ0n) is 19.0. The zero-order valence-corrected chi connectivity index (χ0v) is 19.8. The molecule has 0 aliphatic heterocycles. The second-order valence-corrected chi connectivity index (χ2v) is 7.75. The Kier molecular flexibility index (Phi) is 8.17. The monoisotopic (exact) mass is 497 g/mol. The molecule has 0 radical (unpaired) electrons. The molecule has 0 heterocycles. The zero-order chi connectivity index (χ0) is 25.5. The number of esters is 1. The number of nitrogens with zero attached hydrogens (tertiary/aromatic N) is 1. The first-order chi connectivity index (χ1) is 16.7. The highest BCUT2D eigenvalue weighted by molar-refractivity contribution is 6.40. The highest BCUT2D eigenvalue weighted by Crippen LogP contribution is 2.29. The number of amides is 2. The van der Waals surface area contributed by atoms with Crippen molar-refractivity contribution in [1.82, 2.24) is 5.43 Å². The summed E-state index contributed by atoms with van der Waals surface area (Å²) < 4.78 is 24.0. The molecule has 0 aliphatic rings. The third-order valence-electron chi connectivity index (χ3n) is 4.78. The fraction of sp³-hybridized carbons (Fsp3) is 0.120. The number of aryl methyl sites for hydroxylation is 1. The van der Waals surface area contributed by atoms with E-state index in [9.17, 15) is 18.8 Å². The number of carbonyl (C=O) groups excluding carboxylic acids is 3. The Hall–Kier alpha value is -4.24. The molecule has 0 aliphatic carbocycles. The first kappa shape index (κ1) is 25.4. The second kappa shape index (κ2) is 11.3. The van der Waals surface area contributed by atoms with Crippen molar-refractivity contribution in [2.75, 3.05) is 12.4 Å². The van der Waals surface area contributed by atoms with Gasteiger partial charge >= 0.3 is 17.8 Å². The summed E-state index contributed by atoms with van der Waals surface area (Å²) in [4.78, 5) is 36.5. The van der Waals surface area contributed by atoms with Gasteiger partial charge < -0.3 is 14.8 Å². The van der Waals surface area contributed by atoms with Gasteiger partial charge in [-0.1, -0.05) is 29.3 Å². The molecule has 0 saturated heterocycles. The number of hydrogen-bond donors (Lipinski definition) is 2. The molecular weight excluding hydrogens is 477 g/mol. The summed E-state index contributed by atoms with van der Waals surface area (Å²) >= 11 is 5.66. The van der Waals surface area contributed by atoms with Gasteiger partial charge in [-0.2, -0.15) is 5.10 Å². The minimum atomic E-state index is -1.04. The van der Waals surface area contributed by atoms with Gasteiger partial charge in [0.1, 0.15) is 5.82 Å². The molecule has 0 aromatic heterocycles. The molecule has 0 saturated carbocycles. The van der Waals surface area contributed by atoms with E-state index in [2.05, 4.69) is 15.8 Å². The van der Waals surface area contributed by atoms with Gasteiger partial charge in [-0.3, -0.25) is 9.59 Å². The number of ether oxygens (including phenoxy) is 2. The van der Waals surface area contributed by atoms with Gasteiger partial charge in [0.25, 0.3) is 0 Å². The van der Waals surface area contributed by atoms with Gasteiger partial charge in [-0.05, 0) is 62.4 Å². The van der Waals surface area contributed by atoms with Crippen LogP contribution in [0.1, 0.15) is 28.4 Å². The summed E-state index contributed by atoms with van der Waals surface area (Å²) in [6.07, 6.45) is 0. The predicted octanol–water partition coefficient (Wildman–Crippen LogP) is 4.49. The van der Waals surface area contributed by atoms with E-state index in [4.69, 9.17) is 21.1 Å². The maximum absolute atomic E-state index is 13.2. The number of benzene rings is 3. The Labute approximate surface area is 205 Å². The van der Waals surface area contributed by atoms with Crippen LogP contribution in [0.15, 0.2) is 65.8 Å². The van der Waals surface area contributed by atoms with Crippen molar-refractivity contribution < 1.29 is 28.2 Å². The molecule has 0 spiro atoms. The Bertz CT molecular complexity index is 1310. The minimum Gasteiger partial charge on any atom is -0.493 e. The Morgan fingerprint density at radius 2 is 1.60 bits per heavy atom. The predicted molar refractivity (Wildman–Crippen MR) is 130 cm³/mol. The molecule has 3 aromatic rings. The number of methoxy groups -OCH3 is 1. The lowest BCUT2D eigenvalue weighted by Gasteiger charge is -2.11. The maximum Gasteiger partial charge on any atom is 0.343 e. The lowest BCUT2D eigenvalue weighted by molar-refractivity contribution is -0.136. The van der Waals surface area contributed by atoms with Crippen molar-refractivity contribution in [2.45, 2.75) is 13.8 Å². The van der Waals surface area contributed by atoms with Crippen LogP contribution in [-0.2, 0) is 9.59 Å².